The second-order valence-corrected chi connectivity index (χ2v) is 6.90. The van der Waals surface area contributed by atoms with Crippen LogP contribution in [0.3, 0.4) is 0 Å². The van der Waals surface area contributed by atoms with Crippen LogP contribution in [-0.2, 0) is 5.41 Å². The Labute approximate surface area is 126 Å². The van der Waals surface area contributed by atoms with E-state index in [-0.39, 0.29) is 17.4 Å². The van der Waals surface area contributed by atoms with Crippen molar-refractivity contribution in [3.05, 3.63) is 29.3 Å². The summed E-state index contributed by atoms with van der Waals surface area (Å²) in [7, 11) is 2.13. The van der Waals surface area contributed by atoms with Crippen molar-refractivity contribution in [2.24, 2.45) is 0 Å². The first-order valence-electron chi connectivity index (χ1n) is 7.73. The molecule has 3 rings (SSSR count). The number of fused-ring (bicyclic) bond motifs is 1. The first-order valence-corrected chi connectivity index (χ1v) is 7.73. The molecule has 0 aliphatic carbocycles. The molecule has 0 atom stereocenters. The van der Waals surface area contributed by atoms with Crippen molar-refractivity contribution in [1.82, 2.24) is 10.2 Å². The molecule has 0 spiro atoms. The van der Waals surface area contributed by atoms with Gasteiger partial charge in [0.15, 0.2) is 0 Å². The number of rotatable bonds is 2. The third-order valence-corrected chi connectivity index (χ3v) is 4.59. The number of carbonyl (C=O) groups is 1. The molecule has 4 heteroatoms. The molecule has 1 amide bonds. The highest BCUT2D eigenvalue weighted by atomic mass is 16.5. The van der Waals surface area contributed by atoms with E-state index in [1.54, 1.807) is 0 Å². The van der Waals surface area contributed by atoms with Crippen molar-refractivity contribution in [2.75, 3.05) is 26.7 Å². The Hall–Kier alpha value is -1.55. The van der Waals surface area contributed by atoms with E-state index in [1.807, 2.05) is 18.2 Å². The lowest BCUT2D eigenvalue weighted by Crippen LogP contribution is -2.43. The molecule has 1 N–H and O–H groups in total. The van der Waals surface area contributed by atoms with Gasteiger partial charge in [0, 0.05) is 22.6 Å². The highest BCUT2D eigenvalue weighted by Gasteiger charge is 2.36. The van der Waals surface area contributed by atoms with Gasteiger partial charge in [0.05, 0.1) is 6.61 Å². The Morgan fingerprint density at radius 1 is 1.33 bits per heavy atom. The van der Waals surface area contributed by atoms with Crippen LogP contribution in [0.25, 0.3) is 0 Å². The van der Waals surface area contributed by atoms with Crippen molar-refractivity contribution in [3.63, 3.8) is 0 Å². The number of nitrogens with one attached hydrogen (secondary N) is 1. The molecule has 2 aliphatic heterocycles. The predicted octanol–water partition coefficient (Wildman–Crippen LogP) is 2.18. The van der Waals surface area contributed by atoms with Crippen LogP contribution in [0.1, 0.15) is 42.6 Å². The maximum atomic E-state index is 12.7. The zero-order valence-electron chi connectivity index (χ0n) is 13.1. The average molecular weight is 288 g/mol. The van der Waals surface area contributed by atoms with Crippen LogP contribution in [0.2, 0.25) is 0 Å². The van der Waals surface area contributed by atoms with Gasteiger partial charge in [-0.15, -0.1) is 0 Å². The highest BCUT2D eigenvalue weighted by Crippen LogP contribution is 2.40. The summed E-state index contributed by atoms with van der Waals surface area (Å²) in [6.45, 7) is 7.00. The molecule has 1 aromatic rings. The monoisotopic (exact) mass is 288 g/mol. The lowest BCUT2D eigenvalue weighted by molar-refractivity contribution is 0.0915. The molecule has 0 bridgehead atoms. The van der Waals surface area contributed by atoms with E-state index in [1.165, 1.54) is 0 Å². The number of hydrogen-bond acceptors (Lipinski definition) is 3. The molecule has 2 aliphatic rings. The van der Waals surface area contributed by atoms with Crippen LogP contribution in [0.4, 0.5) is 0 Å². The third-order valence-electron chi connectivity index (χ3n) is 4.59. The summed E-state index contributed by atoms with van der Waals surface area (Å²) in [6.07, 6.45) is 2.05. The van der Waals surface area contributed by atoms with Crippen molar-refractivity contribution in [2.45, 2.75) is 38.1 Å². The first kappa shape index (κ1) is 14.4. The van der Waals surface area contributed by atoms with E-state index in [0.717, 1.165) is 42.8 Å². The van der Waals surface area contributed by atoms with E-state index in [9.17, 15) is 4.79 Å². The second-order valence-electron chi connectivity index (χ2n) is 6.90. The van der Waals surface area contributed by atoms with Crippen molar-refractivity contribution >= 4 is 5.91 Å². The zero-order valence-corrected chi connectivity index (χ0v) is 13.1. The Kier molecular flexibility index (Phi) is 3.66. The number of hydrogen-bond donors (Lipinski definition) is 1. The van der Waals surface area contributed by atoms with E-state index in [2.05, 4.69) is 31.1 Å². The van der Waals surface area contributed by atoms with Gasteiger partial charge in [0.25, 0.3) is 5.91 Å². The molecule has 0 saturated carbocycles. The summed E-state index contributed by atoms with van der Waals surface area (Å²) < 4.78 is 5.72. The third kappa shape index (κ3) is 2.77. The van der Waals surface area contributed by atoms with E-state index >= 15 is 0 Å². The van der Waals surface area contributed by atoms with Gasteiger partial charge in [-0.1, -0.05) is 19.9 Å². The summed E-state index contributed by atoms with van der Waals surface area (Å²) >= 11 is 0. The normalized spacial score (nSPS) is 21.7. The van der Waals surface area contributed by atoms with Gasteiger partial charge in [-0.3, -0.25) is 4.79 Å². The van der Waals surface area contributed by atoms with Gasteiger partial charge in [-0.25, -0.2) is 0 Å². The van der Waals surface area contributed by atoms with Crippen LogP contribution in [0.5, 0.6) is 5.75 Å². The van der Waals surface area contributed by atoms with Gasteiger partial charge in [0.1, 0.15) is 5.75 Å². The quantitative estimate of drug-likeness (QED) is 0.907. The van der Waals surface area contributed by atoms with Crippen molar-refractivity contribution in [3.8, 4) is 5.75 Å². The Morgan fingerprint density at radius 2 is 2.05 bits per heavy atom. The number of carbonyl (C=O) groups excluding carboxylic acids is 1. The van der Waals surface area contributed by atoms with Crippen LogP contribution < -0.4 is 10.1 Å². The van der Waals surface area contributed by atoms with Gasteiger partial charge < -0.3 is 15.0 Å². The van der Waals surface area contributed by atoms with E-state index in [4.69, 9.17) is 4.74 Å². The van der Waals surface area contributed by atoms with Crippen LogP contribution in [0.15, 0.2) is 18.2 Å². The fourth-order valence-corrected chi connectivity index (χ4v) is 3.29. The minimum atomic E-state index is -0.101. The number of nitrogens with zero attached hydrogens (tertiary/aromatic N) is 1. The average Bonchev–Trinajstić information content (AvgIpc) is 2.77. The topological polar surface area (TPSA) is 41.6 Å². The summed E-state index contributed by atoms with van der Waals surface area (Å²) in [4.78, 5) is 15.0. The SMILES string of the molecule is CN1CCC(NC(=O)c2cccc3c2C(C)(C)CO3)CC1. The fourth-order valence-electron chi connectivity index (χ4n) is 3.29. The maximum Gasteiger partial charge on any atom is 0.251 e. The summed E-state index contributed by atoms with van der Waals surface area (Å²) in [5, 5.41) is 3.20. The molecule has 21 heavy (non-hydrogen) atoms. The standard InChI is InChI=1S/C17H24N2O2/c1-17(2)11-21-14-6-4-5-13(15(14)17)16(20)18-12-7-9-19(3)10-8-12/h4-6,12H,7-11H2,1-3H3,(H,18,20). The number of ether oxygens (including phenoxy) is 1. The molecule has 0 aromatic heterocycles. The maximum absolute atomic E-state index is 12.7. The molecule has 4 nitrogen and oxygen atoms in total. The smallest absolute Gasteiger partial charge is 0.251 e. The predicted molar refractivity (Wildman–Crippen MR) is 82.9 cm³/mol. The molecule has 1 aromatic carbocycles. The minimum absolute atomic E-state index is 0.0416. The largest absolute Gasteiger partial charge is 0.492 e. The molecule has 1 fully saturated rings. The van der Waals surface area contributed by atoms with Crippen molar-refractivity contribution < 1.29 is 9.53 Å². The molecular weight excluding hydrogens is 264 g/mol. The molecule has 0 radical (unpaired) electrons. The Bertz CT molecular complexity index is 546. The van der Waals surface area contributed by atoms with Crippen LogP contribution in [-0.4, -0.2) is 43.6 Å². The molecule has 0 unspecified atom stereocenters. The summed E-state index contributed by atoms with van der Waals surface area (Å²) in [5.41, 5.74) is 1.72. The minimum Gasteiger partial charge on any atom is -0.492 e. The lowest BCUT2D eigenvalue weighted by Gasteiger charge is -2.30. The molecule has 2 heterocycles. The Morgan fingerprint density at radius 3 is 2.76 bits per heavy atom. The number of piperidine rings is 1. The number of likely N-dealkylation sites (tertiary alicyclic amines) is 1. The summed E-state index contributed by atoms with van der Waals surface area (Å²) in [5.74, 6) is 0.899. The molecule has 114 valence electrons. The highest BCUT2D eigenvalue weighted by molar-refractivity contribution is 5.97. The zero-order chi connectivity index (χ0) is 15.0. The summed E-state index contributed by atoms with van der Waals surface area (Å²) in [6, 6.07) is 6.06. The fraction of sp³-hybridized carbons (Fsp3) is 0.588. The van der Waals surface area contributed by atoms with Crippen molar-refractivity contribution in [1.29, 1.82) is 0 Å². The van der Waals surface area contributed by atoms with Gasteiger partial charge >= 0.3 is 0 Å². The lowest BCUT2D eigenvalue weighted by atomic mass is 9.83. The Balaban J connectivity index is 1.79. The van der Waals surface area contributed by atoms with Gasteiger partial charge in [-0.2, -0.15) is 0 Å². The van der Waals surface area contributed by atoms with E-state index in [0.29, 0.717) is 6.61 Å². The van der Waals surface area contributed by atoms with Crippen LogP contribution >= 0.6 is 0 Å². The van der Waals surface area contributed by atoms with E-state index < -0.39 is 0 Å². The second kappa shape index (κ2) is 5.34. The molecule has 1 saturated heterocycles. The van der Waals surface area contributed by atoms with Gasteiger partial charge in [0.2, 0.25) is 0 Å². The molecular formula is C17H24N2O2. The van der Waals surface area contributed by atoms with Gasteiger partial charge in [-0.05, 0) is 45.1 Å². The number of amides is 1. The number of benzene rings is 1. The first-order chi connectivity index (χ1) is 9.97. The van der Waals surface area contributed by atoms with Crippen LogP contribution in [0, 0.1) is 0 Å².